The lowest BCUT2D eigenvalue weighted by Crippen LogP contribution is -2.33. The third-order valence-electron chi connectivity index (χ3n) is 3.38. The van der Waals surface area contributed by atoms with Crippen LogP contribution < -0.4 is 10.6 Å². The molecule has 0 saturated heterocycles. The predicted octanol–water partition coefficient (Wildman–Crippen LogP) is 3.68. The molecule has 0 fully saturated rings. The minimum absolute atomic E-state index is 0.114. The Labute approximate surface area is 150 Å². The monoisotopic (exact) mass is 365 g/mol. The van der Waals surface area contributed by atoms with E-state index in [1.807, 2.05) is 32.9 Å². The Morgan fingerprint density at radius 3 is 2.08 bits per heavy atom. The first-order valence-electron chi connectivity index (χ1n) is 7.25. The third kappa shape index (κ3) is 4.69. The lowest BCUT2D eigenvalue weighted by Gasteiger charge is -2.13. The van der Waals surface area contributed by atoms with E-state index >= 15 is 0 Å². The molecule has 1 heterocycles. The summed E-state index contributed by atoms with van der Waals surface area (Å²) in [5, 5.41) is 5.57. The molecule has 0 unspecified atom stereocenters. The van der Waals surface area contributed by atoms with Crippen LogP contribution in [0.2, 0.25) is 10.3 Å². The van der Waals surface area contributed by atoms with Gasteiger partial charge < -0.3 is 10.6 Å². The van der Waals surface area contributed by atoms with Gasteiger partial charge in [-0.25, -0.2) is 4.98 Å². The summed E-state index contributed by atoms with van der Waals surface area (Å²) in [5.74, 6) is -0.765. The Morgan fingerprint density at radius 1 is 1.00 bits per heavy atom. The molecule has 7 heteroatoms. The zero-order chi connectivity index (χ0) is 17.9. The van der Waals surface area contributed by atoms with Gasteiger partial charge in [-0.05, 0) is 44.0 Å². The number of aromatic nitrogens is 1. The largest absolute Gasteiger partial charge is 0.343 e. The molecular formula is C17H17Cl2N3O2. The number of benzene rings is 1. The highest BCUT2D eigenvalue weighted by molar-refractivity contribution is 6.33. The number of nitrogens with one attached hydrogen (secondary N) is 2. The zero-order valence-electron chi connectivity index (χ0n) is 13.5. The Morgan fingerprint density at radius 2 is 1.54 bits per heavy atom. The van der Waals surface area contributed by atoms with Crippen LogP contribution in [-0.2, 0) is 4.79 Å². The summed E-state index contributed by atoms with van der Waals surface area (Å²) in [5.41, 5.74) is 4.08. The van der Waals surface area contributed by atoms with E-state index in [2.05, 4.69) is 15.6 Å². The molecule has 24 heavy (non-hydrogen) atoms. The van der Waals surface area contributed by atoms with Crippen LogP contribution in [0, 0.1) is 20.8 Å². The number of rotatable bonds is 4. The number of aryl methyl sites for hydroxylation is 3. The molecule has 1 aromatic carbocycles. The van der Waals surface area contributed by atoms with Crippen LogP contribution in [-0.4, -0.2) is 23.3 Å². The SMILES string of the molecule is Cc1cc(C)c(NC(=O)CNC(=O)c2cc(Cl)nc(Cl)c2)c(C)c1. The lowest BCUT2D eigenvalue weighted by molar-refractivity contribution is -0.115. The number of carbonyl (C=O) groups excluding carboxylic acids is 2. The number of hydrogen-bond donors (Lipinski definition) is 2. The first-order valence-corrected chi connectivity index (χ1v) is 8.01. The summed E-state index contributed by atoms with van der Waals surface area (Å²) in [4.78, 5) is 27.9. The average molecular weight is 366 g/mol. The fourth-order valence-corrected chi connectivity index (χ4v) is 2.88. The van der Waals surface area contributed by atoms with Crippen molar-refractivity contribution in [2.75, 3.05) is 11.9 Å². The smallest absolute Gasteiger partial charge is 0.251 e. The summed E-state index contributed by atoms with van der Waals surface area (Å²) >= 11 is 11.5. The van der Waals surface area contributed by atoms with Crippen molar-refractivity contribution in [2.24, 2.45) is 0 Å². The van der Waals surface area contributed by atoms with Crippen molar-refractivity contribution in [3.05, 3.63) is 56.8 Å². The van der Waals surface area contributed by atoms with E-state index in [0.717, 1.165) is 22.4 Å². The van der Waals surface area contributed by atoms with Gasteiger partial charge in [0.15, 0.2) is 0 Å². The molecule has 0 aliphatic rings. The number of anilines is 1. The number of halogens is 2. The van der Waals surface area contributed by atoms with Crippen LogP contribution in [0.15, 0.2) is 24.3 Å². The number of pyridine rings is 1. The number of nitrogens with zero attached hydrogens (tertiary/aromatic N) is 1. The molecule has 0 spiro atoms. The Balaban J connectivity index is 2.00. The van der Waals surface area contributed by atoms with E-state index in [9.17, 15) is 9.59 Å². The quantitative estimate of drug-likeness (QED) is 0.811. The summed E-state index contributed by atoms with van der Waals surface area (Å²) < 4.78 is 0. The maximum absolute atomic E-state index is 12.1. The summed E-state index contributed by atoms with van der Waals surface area (Å²) in [6, 6.07) is 6.74. The van der Waals surface area contributed by atoms with Crippen molar-refractivity contribution in [2.45, 2.75) is 20.8 Å². The number of carbonyl (C=O) groups is 2. The molecule has 2 amide bonds. The van der Waals surface area contributed by atoms with Crippen LogP contribution in [0.25, 0.3) is 0 Å². The van der Waals surface area contributed by atoms with Gasteiger partial charge in [-0.15, -0.1) is 0 Å². The summed E-state index contributed by atoms with van der Waals surface area (Å²) in [6.07, 6.45) is 0. The highest BCUT2D eigenvalue weighted by atomic mass is 35.5. The molecule has 2 N–H and O–H groups in total. The van der Waals surface area contributed by atoms with Crippen molar-refractivity contribution in [1.29, 1.82) is 0 Å². The van der Waals surface area contributed by atoms with Crippen LogP contribution in [0.3, 0.4) is 0 Å². The van der Waals surface area contributed by atoms with Gasteiger partial charge in [-0.2, -0.15) is 0 Å². The molecule has 5 nitrogen and oxygen atoms in total. The van der Waals surface area contributed by atoms with Crippen LogP contribution in [0.4, 0.5) is 5.69 Å². The molecule has 0 radical (unpaired) electrons. The first kappa shape index (κ1) is 18.2. The predicted molar refractivity (Wildman–Crippen MR) is 95.9 cm³/mol. The van der Waals surface area contributed by atoms with Gasteiger partial charge in [0.1, 0.15) is 10.3 Å². The van der Waals surface area contributed by atoms with E-state index in [1.54, 1.807) is 0 Å². The number of amides is 2. The molecule has 0 saturated carbocycles. The highest BCUT2D eigenvalue weighted by Crippen LogP contribution is 2.21. The fourth-order valence-electron chi connectivity index (χ4n) is 2.42. The Hall–Kier alpha value is -2.11. The normalized spacial score (nSPS) is 10.4. The van der Waals surface area contributed by atoms with Gasteiger partial charge >= 0.3 is 0 Å². The first-order chi connectivity index (χ1) is 11.3. The molecule has 0 aliphatic carbocycles. The number of hydrogen-bond acceptors (Lipinski definition) is 3. The second-order valence-electron chi connectivity index (χ2n) is 5.51. The van der Waals surface area contributed by atoms with Gasteiger partial charge in [-0.1, -0.05) is 40.9 Å². The Kier molecular flexibility index (Phi) is 5.80. The van der Waals surface area contributed by atoms with Crippen molar-refractivity contribution in [3.63, 3.8) is 0 Å². The van der Waals surface area contributed by atoms with Gasteiger partial charge in [0.25, 0.3) is 5.91 Å². The standard InChI is InChI=1S/C17H17Cl2N3O2/c1-9-4-10(2)16(11(3)5-9)22-15(23)8-20-17(24)12-6-13(18)21-14(19)7-12/h4-7H,8H2,1-3H3,(H,20,24)(H,22,23). The average Bonchev–Trinajstić information content (AvgIpc) is 2.47. The molecular weight excluding hydrogens is 349 g/mol. The van der Waals surface area contributed by atoms with Crippen LogP contribution in [0.5, 0.6) is 0 Å². The van der Waals surface area contributed by atoms with Gasteiger partial charge in [0.2, 0.25) is 5.91 Å². The minimum atomic E-state index is -0.450. The third-order valence-corrected chi connectivity index (χ3v) is 3.76. The highest BCUT2D eigenvalue weighted by Gasteiger charge is 2.12. The molecule has 2 aromatic rings. The topological polar surface area (TPSA) is 71.1 Å². The maximum Gasteiger partial charge on any atom is 0.251 e. The maximum atomic E-state index is 12.1. The van der Waals surface area contributed by atoms with Gasteiger partial charge in [0, 0.05) is 11.3 Å². The summed E-state index contributed by atoms with van der Waals surface area (Å²) in [7, 11) is 0. The summed E-state index contributed by atoms with van der Waals surface area (Å²) in [6.45, 7) is 5.68. The van der Waals surface area contributed by atoms with Gasteiger partial charge in [-0.3, -0.25) is 9.59 Å². The van der Waals surface area contributed by atoms with Crippen LogP contribution >= 0.6 is 23.2 Å². The van der Waals surface area contributed by atoms with E-state index in [4.69, 9.17) is 23.2 Å². The fraction of sp³-hybridized carbons (Fsp3) is 0.235. The van der Waals surface area contributed by atoms with E-state index in [0.29, 0.717) is 0 Å². The van der Waals surface area contributed by atoms with Crippen LogP contribution in [0.1, 0.15) is 27.0 Å². The van der Waals surface area contributed by atoms with Crippen molar-refractivity contribution < 1.29 is 9.59 Å². The van der Waals surface area contributed by atoms with Crippen molar-refractivity contribution in [3.8, 4) is 0 Å². The molecule has 1 aromatic heterocycles. The van der Waals surface area contributed by atoms with Gasteiger partial charge in [0.05, 0.1) is 6.54 Å². The van der Waals surface area contributed by atoms with Crippen molar-refractivity contribution in [1.82, 2.24) is 10.3 Å². The second-order valence-corrected chi connectivity index (χ2v) is 6.28. The lowest BCUT2D eigenvalue weighted by atomic mass is 10.1. The molecule has 0 aliphatic heterocycles. The van der Waals surface area contributed by atoms with Crippen molar-refractivity contribution >= 4 is 40.7 Å². The molecule has 2 rings (SSSR count). The Bertz CT molecular complexity index is 763. The molecule has 0 bridgehead atoms. The minimum Gasteiger partial charge on any atom is -0.343 e. The second kappa shape index (κ2) is 7.64. The van der Waals surface area contributed by atoms with E-state index in [1.165, 1.54) is 12.1 Å². The van der Waals surface area contributed by atoms with E-state index < -0.39 is 5.91 Å². The zero-order valence-corrected chi connectivity index (χ0v) is 15.0. The molecule has 0 atom stereocenters. The molecule has 126 valence electrons. The van der Waals surface area contributed by atoms with E-state index in [-0.39, 0.29) is 28.3 Å².